The van der Waals surface area contributed by atoms with Crippen molar-refractivity contribution in [2.24, 2.45) is 5.73 Å². The van der Waals surface area contributed by atoms with Gasteiger partial charge in [-0.1, -0.05) is 6.42 Å². The second-order valence-electron chi connectivity index (χ2n) is 8.97. The van der Waals surface area contributed by atoms with E-state index in [2.05, 4.69) is 14.9 Å². The van der Waals surface area contributed by atoms with Crippen LogP contribution in [0.25, 0.3) is 0 Å². The van der Waals surface area contributed by atoms with Gasteiger partial charge in [0.2, 0.25) is 15.0 Å². The number of nitrogens with zero attached hydrogens (tertiary/aromatic N) is 3. The number of piperidine rings is 1. The van der Waals surface area contributed by atoms with Crippen LogP contribution in [0, 0.1) is 0 Å². The van der Waals surface area contributed by atoms with Crippen molar-refractivity contribution < 1.29 is 17.7 Å². The number of aromatic nitrogens is 2. The van der Waals surface area contributed by atoms with Crippen LogP contribution in [0.5, 0.6) is 0 Å². The van der Waals surface area contributed by atoms with Crippen LogP contribution < -0.4 is 11.2 Å². The maximum absolute atomic E-state index is 12.7. The van der Waals surface area contributed by atoms with Crippen LogP contribution in [-0.2, 0) is 19.1 Å². The molecule has 0 radical (unpaired) electrons. The summed E-state index contributed by atoms with van der Waals surface area (Å²) in [6, 6.07) is 0.256. The molecular weight excluding hydrogens is 391 g/mol. The van der Waals surface area contributed by atoms with Crippen LogP contribution in [0.2, 0.25) is 0 Å². The SMILES string of the molecule is CC1(C)OB(c2cnc(S(=O)(=O)CC[C@H]3CCCCN3CCN)nc2)OC1(C)C. The zero-order valence-corrected chi connectivity index (χ0v) is 18.7. The van der Waals surface area contributed by atoms with Crippen molar-refractivity contribution in [2.45, 2.75) is 75.8 Å². The van der Waals surface area contributed by atoms with Gasteiger partial charge >= 0.3 is 7.12 Å². The number of hydrogen-bond donors (Lipinski definition) is 1. The molecule has 1 aromatic rings. The lowest BCUT2D eigenvalue weighted by Gasteiger charge is -2.35. The molecule has 8 nitrogen and oxygen atoms in total. The predicted octanol–water partition coefficient (Wildman–Crippen LogP) is 0.753. The largest absolute Gasteiger partial charge is 0.498 e. The Hall–Kier alpha value is -1.07. The van der Waals surface area contributed by atoms with Gasteiger partial charge in [0, 0.05) is 37.0 Å². The Bertz CT molecular complexity index is 783. The fourth-order valence-electron chi connectivity index (χ4n) is 3.82. The summed E-state index contributed by atoms with van der Waals surface area (Å²) < 4.78 is 37.4. The first-order chi connectivity index (χ1) is 13.6. The first-order valence-electron chi connectivity index (χ1n) is 10.4. The molecule has 2 saturated heterocycles. The molecule has 1 aromatic heterocycles. The number of sulfone groups is 1. The molecule has 0 unspecified atom stereocenters. The lowest BCUT2D eigenvalue weighted by atomic mass is 9.81. The highest BCUT2D eigenvalue weighted by molar-refractivity contribution is 7.91. The Morgan fingerprint density at radius 1 is 1.17 bits per heavy atom. The van der Waals surface area contributed by atoms with Gasteiger partial charge in [-0.05, 0) is 53.5 Å². The summed E-state index contributed by atoms with van der Waals surface area (Å²) in [5, 5.41) is -0.140. The molecule has 0 spiro atoms. The average Bonchev–Trinajstić information content (AvgIpc) is 2.89. The van der Waals surface area contributed by atoms with E-state index in [1.54, 1.807) is 0 Å². The topological polar surface area (TPSA) is 108 Å². The van der Waals surface area contributed by atoms with Crippen molar-refractivity contribution in [2.75, 3.05) is 25.4 Å². The number of likely N-dealkylation sites (tertiary alicyclic amines) is 1. The van der Waals surface area contributed by atoms with Gasteiger partial charge in [0.05, 0.1) is 17.0 Å². The summed E-state index contributed by atoms with van der Waals surface area (Å²) in [6.07, 6.45) is 6.84. The van der Waals surface area contributed by atoms with Gasteiger partial charge < -0.3 is 15.0 Å². The highest BCUT2D eigenvalue weighted by Crippen LogP contribution is 2.36. The highest BCUT2D eigenvalue weighted by atomic mass is 32.2. The Morgan fingerprint density at radius 2 is 1.79 bits per heavy atom. The van der Waals surface area contributed by atoms with Gasteiger partial charge in [-0.2, -0.15) is 0 Å². The van der Waals surface area contributed by atoms with Crippen LogP contribution in [-0.4, -0.2) is 73.0 Å². The van der Waals surface area contributed by atoms with E-state index in [1.807, 2.05) is 27.7 Å². The molecule has 0 saturated carbocycles. The van der Waals surface area contributed by atoms with Crippen molar-refractivity contribution in [3.63, 3.8) is 0 Å². The molecule has 2 aliphatic heterocycles. The minimum atomic E-state index is -3.55. The summed E-state index contributed by atoms with van der Waals surface area (Å²) in [5.41, 5.74) is 5.36. The molecule has 2 aliphatic rings. The smallest absolute Gasteiger partial charge is 0.399 e. The van der Waals surface area contributed by atoms with Crippen molar-refractivity contribution in [3.05, 3.63) is 12.4 Å². The summed E-state index contributed by atoms with van der Waals surface area (Å²) in [4.78, 5) is 10.5. The molecule has 2 N–H and O–H groups in total. The number of nitrogens with two attached hydrogens (primary N) is 1. The first kappa shape index (κ1) is 22.6. The van der Waals surface area contributed by atoms with Gasteiger partial charge in [0.15, 0.2) is 0 Å². The molecule has 10 heteroatoms. The quantitative estimate of drug-likeness (QED) is 0.505. The van der Waals surface area contributed by atoms with E-state index in [4.69, 9.17) is 15.0 Å². The molecule has 1 atom stereocenters. The molecule has 0 bridgehead atoms. The summed E-state index contributed by atoms with van der Waals surface area (Å²) >= 11 is 0. The average molecular weight is 424 g/mol. The van der Waals surface area contributed by atoms with Crippen LogP contribution in [0.3, 0.4) is 0 Å². The summed E-state index contributed by atoms with van der Waals surface area (Å²) in [6.45, 7) is 10.2. The monoisotopic (exact) mass is 424 g/mol. The van der Waals surface area contributed by atoms with Crippen LogP contribution >= 0.6 is 0 Å². The highest BCUT2D eigenvalue weighted by Gasteiger charge is 2.52. The Kier molecular flexibility index (Phi) is 6.70. The van der Waals surface area contributed by atoms with E-state index in [1.165, 1.54) is 12.4 Å². The van der Waals surface area contributed by atoms with Crippen LogP contribution in [0.4, 0.5) is 0 Å². The van der Waals surface area contributed by atoms with Gasteiger partial charge in [0.25, 0.3) is 0 Å². The Balaban J connectivity index is 1.64. The van der Waals surface area contributed by atoms with Gasteiger partial charge in [-0.25, -0.2) is 18.4 Å². The van der Waals surface area contributed by atoms with E-state index < -0.39 is 28.2 Å². The Labute approximate surface area is 174 Å². The van der Waals surface area contributed by atoms with Crippen molar-refractivity contribution in [1.29, 1.82) is 0 Å². The fourth-order valence-corrected chi connectivity index (χ4v) is 5.01. The third-order valence-electron chi connectivity index (χ3n) is 6.34. The second-order valence-corrected chi connectivity index (χ2v) is 11.0. The molecule has 2 fully saturated rings. The molecule has 3 heterocycles. The van der Waals surface area contributed by atoms with Crippen LogP contribution in [0.15, 0.2) is 17.6 Å². The maximum Gasteiger partial charge on any atom is 0.498 e. The van der Waals surface area contributed by atoms with E-state index in [-0.39, 0.29) is 17.0 Å². The predicted molar refractivity (Wildman–Crippen MR) is 113 cm³/mol. The molecule has 0 amide bonds. The second kappa shape index (κ2) is 8.59. The van der Waals surface area contributed by atoms with Crippen molar-refractivity contribution in [1.82, 2.24) is 14.9 Å². The molecule has 162 valence electrons. The van der Waals surface area contributed by atoms with Gasteiger partial charge in [-0.15, -0.1) is 0 Å². The normalized spacial score (nSPS) is 24.7. The third-order valence-corrected chi connectivity index (χ3v) is 7.88. The van der Waals surface area contributed by atoms with E-state index >= 15 is 0 Å². The van der Waals surface area contributed by atoms with Gasteiger partial charge in [0.1, 0.15) is 0 Å². The number of rotatable bonds is 7. The van der Waals surface area contributed by atoms with Crippen LogP contribution in [0.1, 0.15) is 53.4 Å². The maximum atomic E-state index is 12.7. The first-order valence-corrected chi connectivity index (χ1v) is 12.1. The number of hydrogen-bond acceptors (Lipinski definition) is 8. The lowest BCUT2D eigenvalue weighted by molar-refractivity contribution is 0.00578. The zero-order valence-electron chi connectivity index (χ0n) is 17.9. The molecule has 0 aromatic carbocycles. The lowest BCUT2D eigenvalue weighted by Crippen LogP contribution is -2.43. The molecular formula is C19H33BN4O4S. The molecule has 0 aliphatic carbocycles. The van der Waals surface area contributed by atoms with Crippen molar-refractivity contribution >= 4 is 22.4 Å². The summed E-state index contributed by atoms with van der Waals surface area (Å²) in [7, 11) is -4.15. The third kappa shape index (κ3) is 4.99. The Morgan fingerprint density at radius 3 is 2.38 bits per heavy atom. The fraction of sp³-hybridized carbons (Fsp3) is 0.789. The minimum Gasteiger partial charge on any atom is -0.399 e. The molecule has 29 heavy (non-hydrogen) atoms. The van der Waals surface area contributed by atoms with Gasteiger partial charge in [-0.3, -0.25) is 4.90 Å². The zero-order chi connectivity index (χ0) is 21.3. The van der Waals surface area contributed by atoms with E-state index in [0.29, 0.717) is 18.4 Å². The van der Waals surface area contributed by atoms with Crippen molar-refractivity contribution in [3.8, 4) is 0 Å². The van der Waals surface area contributed by atoms with E-state index in [9.17, 15) is 8.42 Å². The standard InChI is InChI=1S/C19H33BN4O4S/c1-18(2)19(3,4)28-20(27-18)15-13-22-17(23-14-15)29(25,26)12-8-16-7-5-6-10-24(16)11-9-21/h13-14,16H,5-12,21H2,1-4H3/t16-/m1/s1. The van der Waals surface area contributed by atoms with E-state index in [0.717, 1.165) is 32.4 Å². The minimum absolute atomic E-state index is 0.0363. The summed E-state index contributed by atoms with van der Waals surface area (Å²) in [5.74, 6) is 0.0363. The molecule has 3 rings (SSSR count).